The van der Waals surface area contributed by atoms with Gasteiger partial charge >= 0.3 is 0 Å². The first kappa shape index (κ1) is 11.2. The van der Waals surface area contributed by atoms with Crippen molar-refractivity contribution in [2.24, 2.45) is 0 Å². The second kappa shape index (κ2) is 4.98. The SMILES string of the molecule is CC(=N)SC/C(O)=C(/C)C(C)=O. The maximum absolute atomic E-state index is 10.7. The van der Waals surface area contributed by atoms with Crippen molar-refractivity contribution in [1.82, 2.24) is 0 Å². The summed E-state index contributed by atoms with van der Waals surface area (Å²) < 4.78 is 0. The highest BCUT2D eigenvalue weighted by atomic mass is 32.2. The van der Waals surface area contributed by atoms with Gasteiger partial charge in [0.2, 0.25) is 0 Å². The minimum atomic E-state index is -0.129. The summed E-state index contributed by atoms with van der Waals surface area (Å²) in [5.41, 5.74) is 0.378. The van der Waals surface area contributed by atoms with Crippen LogP contribution in [0.4, 0.5) is 0 Å². The minimum Gasteiger partial charge on any atom is -0.511 e. The summed E-state index contributed by atoms with van der Waals surface area (Å²) in [5, 5.41) is 16.8. The van der Waals surface area contributed by atoms with Gasteiger partial charge in [0.1, 0.15) is 5.76 Å². The van der Waals surface area contributed by atoms with Gasteiger partial charge in [-0.3, -0.25) is 10.2 Å². The third kappa shape index (κ3) is 4.18. The fourth-order valence-corrected chi connectivity index (χ4v) is 1.06. The maximum Gasteiger partial charge on any atom is 0.158 e. The van der Waals surface area contributed by atoms with Crippen LogP contribution in [0, 0.1) is 5.41 Å². The molecule has 0 aliphatic carbocycles. The van der Waals surface area contributed by atoms with Gasteiger partial charge in [-0.1, -0.05) is 0 Å². The van der Waals surface area contributed by atoms with E-state index in [0.717, 1.165) is 0 Å². The molecule has 0 spiro atoms. The summed E-state index contributed by atoms with van der Waals surface area (Å²) >= 11 is 1.21. The molecule has 0 bridgehead atoms. The lowest BCUT2D eigenvalue weighted by atomic mass is 10.2. The van der Waals surface area contributed by atoms with Gasteiger partial charge in [0, 0.05) is 5.57 Å². The van der Waals surface area contributed by atoms with Crippen LogP contribution in [0.15, 0.2) is 11.3 Å². The Labute approximate surface area is 76.4 Å². The number of allylic oxidation sites excluding steroid dienone is 1. The topological polar surface area (TPSA) is 61.1 Å². The van der Waals surface area contributed by atoms with Crippen LogP contribution in [-0.4, -0.2) is 21.7 Å². The molecule has 0 heterocycles. The molecule has 0 amide bonds. The van der Waals surface area contributed by atoms with Gasteiger partial charge < -0.3 is 5.11 Å². The molecule has 0 aromatic heterocycles. The number of ketones is 1. The smallest absolute Gasteiger partial charge is 0.158 e. The average molecular weight is 187 g/mol. The maximum atomic E-state index is 10.7. The summed E-state index contributed by atoms with van der Waals surface area (Å²) in [6.07, 6.45) is 0. The van der Waals surface area contributed by atoms with E-state index in [2.05, 4.69) is 0 Å². The van der Waals surface area contributed by atoms with E-state index in [1.54, 1.807) is 13.8 Å². The summed E-state index contributed by atoms with van der Waals surface area (Å²) in [6, 6.07) is 0. The fourth-order valence-electron chi connectivity index (χ4n) is 0.488. The van der Waals surface area contributed by atoms with Crippen LogP contribution in [0.2, 0.25) is 0 Å². The second-order valence-electron chi connectivity index (χ2n) is 2.47. The molecule has 0 saturated heterocycles. The predicted molar refractivity (Wildman–Crippen MR) is 51.9 cm³/mol. The Kier molecular flexibility index (Phi) is 4.66. The number of carbonyl (C=O) groups excluding carboxylic acids is 1. The first-order chi connectivity index (χ1) is 5.45. The minimum absolute atomic E-state index is 0.0686. The third-order valence-corrected chi connectivity index (χ3v) is 2.24. The first-order valence-electron chi connectivity index (χ1n) is 3.52. The molecule has 2 N–H and O–H groups in total. The van der Waals surface area contributed by atoms with E-state index in [9.17, 15) is 9.90 Å². The quantitative estimate of drug-likeness (QED) is 0.308. The van der Waals surface area contributed by atoms with Crippen molar-refractivity contribution in [3.8, 4) is 0 Å². The van der Waals surface area contributed by atoms with Crippen molar-refractivity contribution in [3.05, 3.63) is 11.3 Å². The van der Waals surface area contributed by atoms with E-state index in [1.807, 2.05) is 0 Å². The number of aliphatic hydroxyl groups excluding tert-OH is 1. The molecule has 0 unspecified atom stereocenters. The van der Waals surface area contributed by atoms with Crippen LogP contribution in [0.1, 0.15) is 20.8 Å². The second-order valence-corrected chi connectivity index (χ2v) is 3.66. The van der Waals surface area contributed by atoms with Crippen molar-refractivity contribution in [3.63, 3.8) is 0 Å². The highest BCUT2D eigenvalue weighted by Crippen LogP contribution is 2.10. The standard InChI is InChI=1S/C8H13NO2S/c1-5(6(2)10)8(11)4-12-7(3)9/h9,11H,4H2,1-3H3/b8-5+,9-7?. The summed E-state index contributed by atoms with van der Waals surface area (Å²) in [4.78, 5) is 10.7. The lowest BCUT2D eigenvalue weighted by Crippen LogP contribution is -2.00. The lowest BCUT2D eigenvalue weighted by molar-refractivity contribution is -0.113. The van der Waals surface area contributed by atoms with E-state index in [0.29, 0.717) is 16.4 Å². The van der Waals surface area contributed by atoms with Crippen molar-refractivity contribution < 1.29 is 9.90 Å². The Morgan fingerprint density at radius 3 is 2.25 bits per heavy atom. The molecule has 0 aliphatic heterocycles. The zero-order valence-corrected chi connectivity index (χ0v) is 8.29. The Morgan fingerprint density at radius 1 is 1.42 bits per heavy atom. The molecule has 0 aromatic carbocycles. The van der Waals surface area contributed by atoms with Crippen LogP contribution in [0.25, 0.3) is 0 Å². The highest BCUT2D eigenvalue weighted by Gasteiger charge is 2.05. The molecule has 3 nitrogen and oxygen atoms in total. The fraction of sp³-hybridized carbons (Fsp3) is 0.500. The molecule has 4 heteroatoms. The first-order valence-corrected chi connectivity index (χ1v) is 4.51. The predicted octanol–water partition coefficient (Wildman–Crippen LogP) is 2.14. The van der Waals surface area contributed by atoms with E-state index < -0.39 is 0 Å². The molecule has 68 valence electrons. The Balaban J connectivity index is 4.18. The van der Waals surface area contributed by atoms with Crippen LogP contribution in [0.5, 0.6) is 0 Å². The molecule has 0 aromatic rings. The van der Waals surface area contributed by atoms with Crippen LogP contribution in [0.3, 0.4) is 0 Å². The monoisotopic (exact) mass is 187 g/mol. The normalized spacial score (nSPS) is 12.2. The van der Waals surface area contributed by atoms with Crippen molar-refractivity contribution >= 4 is 22.6 Å². The molecule has 0 atom stereocenters. The van der Waals surface area contributed by atoms with Crippen LogP contribution < -0.4 is 0 Å². The summed E-state index contributed by atoms with van der Waals surface area (Å²) in [7, 11) is 0. The number of thioether (sulfide) groups is 1. The van der Waals surface area contributed by atoms with E-state index in [-0.39, 0.29) is 11.5 Å². The Bertz CT molecular complexity index is 233. The number of hydrogen-bond donors (Lipinski definition) is 2. The van der Waals surface area contributed by atoms with Gasteiger partial charge in [0.15, 0.2) is 5.78 Å². The summed E-state index contributed by atoms with van der Waals surface area (Å²) in [6.45, 7) is 4.63. The van der Waals surface area contributed by atoms with Gasteiger partial charge in [0.05, 0.1) is 10.8 Å². The number of aliphatic hydroxyl groups is 1. The van der Waals surface area contributed by atoms with E-state index >= 15 is 0 Å². The molecular formula is C8H13NO2S. The number of Topliss-reactive ketones (excluding diaryl/α,β-unsaturated/α-hetero) is 1. The molecule has 12 heavy (non-hydrogen) atoms. The van der Waals surface area contributed by atoms with Gasteiger partial charge in [-0.25, -0.2) is 0 Å². The van der Waals surface area contributed by atoms with Crippen molar-refractivity contribution in [2.45, 2.75) is 20.8 Å². The van der Waals surface area contributed by atoms with Crippen molar-refractivity contribution in [2.75, 3.05) is 5.75 Å². The summed E-state index contributed by atoms with van der Waals surface area (Å²) in [5.74, 6) is 0.246. The van der Waals surface area contributed by atoms with Crippen molar-refractivity contribution in [1.29, 1.82) is 5.41 Å². The number of carbonyl (C=O) groups is 1. The molecule has 0 rings (SSSR count). The Hall–Kier alpha value is -0.770. The molecule has 0 saturated carbocycles. The zero-order valence-electron chi connectivity index (χ0n) is 7.47. The van der Waals surface area contributed by atoms with E-state index in [1.165, 1.54) is 18.7 Å². The molecule has 0 fully saturated rings. The lowest BCUT2D eigenvalue weighted by Gasteiger charge is -2.01. The van der Waals surface area contributed by atoms with E-state index in [4.69, 9.17) is 5.41 Å². The van der Waals surface area contributed by atoms with Gasteiger partial charge in [-0.15, -0.1) is 11.8 Å². The van der Waals surface area contributed by atoms with Crippen LogP contribution >= 0.6 is 11.8 Å². The van der Waals surface area contributed by atoms with Gasteiger partial charge in [-0.2, -0.15) is 0 Å². The zero-order chi connectivity index (χ0) is 9.72. The average Bonchev–Trinajstić information content (AvgIpc) is 1.98. The van der Waals surface area contributed by atoms with Gasteiger partial charge in [-0.05, 0) is 20.8 Å². The largest absolute Gasteiger partial charge is 0.511 e. The molecule has 0 radical (unpaired) electrons. The molecular weight excluding hydrogens is 174 g/mol. The highest BCUT2D eigenvalue weighted by molar-refractivity contribution is 8.13. The third-order valence-electron chi connectivity index (χ3n) is 1.39. The number of nitrogens with one attached hydrogen (secondary N) is 1. The Morgan fingerprint density at radius 2 is 1.92 bits per heavy atom. The molecule has 0 aliphatic rings. The number of rotatable bonds is 3. The number of hydrogen-bond acceptors (Lipinski definition) is 4. The van der Waals surface area contributed by atoms with Gasteiger partial charge in [0.25, 0.3) is 0 Å². The van der Waals surface area contributed by atoms with Crippen LogP contribution in [-0.2, 0) is 4.79 Å².